The summed E-state index contributed by atoms with van der Waals surface area (Å²) in [5.41, 5.74) is -5.71. The molecule has 0 aromatic carbocycles. The predicted molar refractivity (Wildman–Crippen MR) is 505 cm³/mol. The van der Waals surface area contributed by atoms with Gasteiger partial charge in [0, 0.05) is 79.4 Å². The Labute approximate surface area is 815 Å². The van der Waals surface area contributed by atoms with E-state index in [1.165, 1.54) is 6.92 Å². The molecule has 31 nitrogen and oxygen atoms in total. The van der Waals surface area contributed by atoms with E-state index >= 15 is 0 Å². The van der Waals surface area contributed by atoms with Gasteiger partial charge >= 0.3 is 87.7 Å². The second-order valence-electron chi connectivity index (χ2n) is 45.7. The highest BCUT2D eigenvalue weighted by Gasteiger charge is 2.58. The van der Waals surface area contributed by atoms with Crippen molar-refractivity contribution in [3.63, 3.8) is 0 Å². The van der Waals surface area contributed by atoms with Gasteiger partial charge in [0.2, 0.25) is 0 Å². The van der Waals surface area contributed by atoms with Crippen LogP contribution in [0.15, 0.2) is 25.3 Å². The molecule has 4 amide bonds. The van der Waals surface area contributed by atoms with Gasteiger partial charge in [-0.05, 0) is 211 Å². The molecule has 42 heteroatoms. The third-order valence-corrected chi connectivity index (χ3v) is 33.2. The number of ether oxygens (including phenoxy) is 15. The summed E-state index contributed by atoms with van der Waals surface area (Å²) in [6.07, 6.45) is -3.52. The summed E-state index contributed by atoms with van der Waals surface area (Å²) in [4.78, 5) is 129. The topological polar surface area (TPSA) is 376 Å². The number of rotatable bonds is 61. The number of alkyl halides is 8. The quantitative estimate of drug-likeness (QED) is 0.0110. The number of nitrogens with one attached hydrogen (secondary N) is 4. The van der Waals surface area contributed by atoms with E-state index in [-0.39, 0.29) is 170 Å². The molecule has 4 N–H and O–H groups in total. The number of halogens is 8. The Bertz CT molecular complexity index is 3840. The van der Waals surface area contributed by atoms with Gasteiger partial charge in [0.15, 0.2) is 22.7 Å². The SMILES string of the molecule is C=CC(=O)OCCOC(=O)CCC1(C)CC(NC(=O)OC(COCCC[SiH](O[Si](C)(C)C)O[Si](C)(C)C)COC(=O)CCC2(C)CC(NC(=O)OCC(C)(COCCOCC(C)(COCCC(F)(F)F)COC(=O)CCC3(C)CC(NC(=O)OCCCCOC(=O)CCC4(C)CC(NC(=O)OCCOC(=O)C=C)CC(C)(C)C4)CC(C)(C)C3)COCC(F)(F)C(F)(F)F)CC(C)(C)C2)CC(C)(C)C1. The maximum absolute atomic E-state index is 14.3. The van der Waals surface area contributed by atoms with Crippen molar-refractivity contribution in [3.05, 3.63) is 25.3 Å². The van der Waals surface area contributed by atoms with Crippen LogP contribution in [0.25, 0.3) is 0 Å². The van der Waals surface area contributed by atoms with Crippen LogP contribution in [-0.2, 0) is 108 Å². The van der Waals surface area contributed by atoms with E-state index in [9.17, 15) is 83.1 Å². The van der Waals surface area contributed by atoms with Crippen LogP contribution in [0.1, 0.15) is 251 Å². The van der Waals surface area contributed by atoms with Crippen LogP contribution in [0, 0.1) is 54.1 Å². The Morgan fingerprint density at radius 3 is 1.09 bits per heavy atom. The normalized spacial score (nSPS) is 23.7. The summed E-state index contributed by atoms with van der Waals surface area (Å²) in [6, 6.07) is -0.787. The zero-order valence-electron chi connectivity index (χ0n) is 85.7. The van der Waals surface area contributed by atoms with Gasteiger partial charge in [-0.15, -0.1) is 0 Å². The number of alkyl carbamates (subject to hydrolysis) is 4. The molecule has 0 aromatic rings. The highest BCUT2D eigenvalue weighted by molar-refractivity contribution is 6.81. The van der Waals surface area contributed by atoms with Crippen molar-refractivity contribution in [1.29, 1.82) is 0 Å². The Morgan fingerprint density at radius 1 is 0.370 bits per heavy atom. The van der Waals surface area contributed by atoms with Crippen molar-refractivity contribution in [1.82, 2.24) is 21.3 Å². The molecule has 0 spiro atoms. The first kappa shape index (κ1) is 123. The predicted octanol–water partition coefficient (Wildman–Crippen LogP) is 18.7. The van der Waals surface area contributed by atoms with Crippen LogP contribution >= 0.6 is 0 Å². The third kappa shape index (κ3) is 53.0. The lowest BCUT2D eigenvalue weighted by molar-refractivity contribution is -0.298. The van der Waals surface area contributed by atoms with E-state index in [2.05, 4.69) is 115 Å². The number of hydrogen-bond donors (Lipinski definition) is 4. The van der Waals surface area contributed by atoms with Gasteiger partial charge in [-0.3, -0.25) is 19.2 Å². The van der Waals surface area contributed by atoms with Gasteiger partial charge in [-0.2, -0.15) is 35.1 Å². The van der Waals surface area contributed by atoms with Crippen molar-refractivity contribution < 1.29 is 162 Å². The van der Waals surface area contributed by atoms with Crippen LogP contribution in [0.5, 0.6) is 0 Å². The van der Waals surface area contributed by atoms with Gasteiger partial charge < -0.3 is 101 Å². The second kappa shape index (κ2) is 55.3. The molecular formula is C96H164F8N4O27Si3. The van der Waals surface area contributed by atoms with E-state index < -0.39 is 183 Å². The first-order valence-electron chi connectivity index (χ1n) is 48.3. The molecule has 4 fully saturated rings. The molecule has 0 aliphatic heterocycles. The minimum atomic E-state index is -5.96. The van der Waals surface area contributed by atoms with Gasteiger partial charge in [0.25, 0.3) is 0 Å². The summed E-state index contributed by atoms with van der Waals surface area (Å²) < 4.78 is 204. The van der Waals surface area contributed by atoms with E-state index in [1.807, 2.05) is 41.5 Å². The maximum Gasteiger partial charge on any atom is 0.455 e. The van der Waals surface area contributed by atoms with Crippen LogP contribution in [0.4, 0.5) is 54.3 Å². The molecule has 4 aliphatic rings. The number of carbonyl (C=O) groups is 10. The monoisotopic (exact) mass is 2040 g/mol. The Balaban J connectivity index is 1.32. The highest BCUT2D eigenvalue weighted by Crippen LogP contribution is 2.53. The largest absolute Gasteiger partial charge is 0.466 e. The fourth-order valence-corrected chi connectivity index (χ4v) is 28.5. The minimum absolute atomic E-state index is 0.0523. The lowest BCUT2D eigenvalue weighted by atomic mass is 9.61. The lowest BCUT2D eigenvalue weighted by Crippen LogP contribution is -2.48. The summed E-state index contributed by atoms with van der Waals surface area (Å²) in [6.45, 7) is 40.1. The summed E-state index contributed by atoms with van der Waals surface area (Å²) in [5, 5.41) is 11.8. The average Bonchev–Trinajstić information content (AvgIpc) is 0.812. The summed E-state index contributed by atoms with van der Waals surface area (Å²) in [5.74, 6) is -8.57. The molecule has 798 valence electrons. The fourth-order valence-electron chi connectivity index (χ4n) is 20.1. The van der Waals surface area contributed by atoms with Crippen LogP contribution in [0.3, 0.4) is 0 Å². The molecule has 4 rings (SSSR count). The van der Waals surface area contributed by atoms with Crippen LogP contribution in [-0.4, -0.2) is 260 Å². The van der Waals surface area contributed by atoms with Crippen molar-refractivity contribution in [2.75, 3.05) is 126 Å². The molecule has 0 radical (unpaired) electrons. The minimum Gasteiger partial charge on any atom is -0.466 e. The smallest absolute Gasteiger partial charge is 0.455 e. The molecule has 0 saturated heterocycles. The van der Waals surface area contributed by atoms with Gasteiger partial charge in [-0.1, -0.05) is 110 Å². The lowest BCUT2D eigenvalue weighted by Gasteiger charge is -2.47. The van der Waals surface area contributed by atoms with E-state index in [4.69, 9.17) is 79.3 Å². The molecule has 4 aliphatic carbocycles. The van der Waals surface area contributed by atoms with Gasteiger partial charge in [0.1, 0.15) is 52.9 Å². The molecule has 0 aromatic heterocycles. The Morgan fingerprint density at radius 2 is 0.703 bits per heavy atom. The van der Waals surface area contributed by atoms with Crippen molar-refractivity contribution in [3.8, 4) is 0 Å². The second-order valence-corrected chi connectivity index (χ2v) is 57.4. The van der Waals surface area contributed by atoms with E-state index in [1.54, 1.807) is 6.92 Å². The standard InChI is InChI=1S/C96H164F8N4O27Si3/c1-23-74(109)125-43-44-127-77(112)29-33-89(12)55-72(51-87(9,10)61-89)108-83(118)133-73(56-119-37-27-47-136(134-137(17,18)19)135-138(20,21)22)57-130-78(113)30-34-90(13)54-71(50-86(7,8)59-90)107-82(117)132-67-93(16,65-123-68-94(97,98)96(102,103)104)64-122-42-41-121-63-92(15,62-120-40-36-95(99,100)101)66-131-79(114)31-35-91(14)52-69(48-84(3,4)60-91)105-80(115)128-39-26-25-38-124-76(111)28-32-88(11)53-70(49-85(5,6)58-88)106-81(116)129-46-45-126-75(110)24-2/h23-24,69-73,136H,1-2,25-68H2,3-22H3,(H,105,115)(H,106,116)(H,107,117)(H,108,118). The zero-order valence-corrected chi connectivity index (χ0v) is 88.8. The Hall–Kier alpha value is -6.81. The van der Waals surface area contributed by atoms with Gasteiger partial charge in [0.05, 0.1) is 72.5 Å². The summed E-state index contributed by atoms with van der Waals surface area (Å²) in [7, 11) is -5.95. The maximum atomic E-state index is 14.3. The van der Waals surface area contributed by atoms with Gasteiger partial charge in [-0.25, -0.2) is 28.8 Å². The number of unbranched alkanes of at least 4 members (excludes halogenated alkanes) is 1. The molecule has 0 bridgehead atoms. The third-order valence-electron chi connectivity index (χ3n) is 24.6. The molecule has 4 saturated carbocycles. The van der Waals surface area contributed by atoms with Crippen LogP contribution < -0.4 is 21.3 Å². The molecule has 11 unspecified atom stereocenters. The zero-order chi connectivity index (χ0) is 104. The van der Waals surface area contributed by atoms with Crippen molar-refractivity contribution in [2.45, 2.75) is 345 Å². The molecule has 11 atom stereocenters. The number of esters is 6. The van der Waals surface area contributed by atoms with Crippen molar-refractivity contribution >= 4 is 86.1 Å². The van der Waals surface area contributed by atoms with Crippen LogP contribution in [0.2, 0.25) is 45.3 Å². The number of amides is 4. The number of carbonyl (C=O) groups excluding carboxylic acids is 10. The van der Waals surface area contributed by atoms with E-state index in [0.717, 1.165) is 25.0 Å². The molecular weight excluding hydrogens is 1880 g/mol. The molecule has 0 heterocycles. The first-order chi connectivity index (χ1) is 63.6. The number of hydrogen-bond acceptors (Lipinski definition) is 27. The highest BCUT2D eigenvalue weighted by atomic mass is 28.4. The summed E-state index contributed by atoms with van der Waals surface area (Å²) >= 11 is 0. The first-order valence-corrected chi connectivity index (χ1v) is 56.9. The average molecular weight is 2040 g/mol. The molecule has 138 heavy (non-hydrogen) atoms. The van der Waals surface area contributed by atoms with E-state index in [0.29, 0.717) is 109 Å². The fraction of sp³-hybridized carbons (Fsp3) is 0.854. The van der Waals surface area contributed by atoms with Crippen molar-refractivity contribution in [2.24, 2.45) is 54.1 Å². The Kier molecular flexibility index (Phi) is 49.5.